The van der Waals surface area contributed by atoms with E-state index in [4.69, 9.17) is 23.2 Å². The lowest BCUT2D eigenvalue weighted by Gasteiger charge is -2.32. The molecule has 190 valence electrons. The summed E-state index contributed by atoms with van der Waals surface area (Å²) in [6.45, 7) is 4.83. The van der Waals surface area contributed by atoms with Crippen LogP contribution >= 0.6 is 35.0 Å². The summed E-state index contributed by atoms with van der Waals surface area (Å²) in [5.41, 5.74) is 4.09. The summed E-state index contributed by atoms with van der Waals surface area (Å²) < 4.78 is 0. The Bertz CT molecular complexity index is 1160. The molecule has 3 aromatic carbocycles. The van der Waals surface area contributed by atoms with Crippen molar-refractivity contribution >= 4 is 46.8 Å². The molecule has 0 aliphatic heterocycles. The first-order chi connectivity index (χ1) is 17.4. The Labute approximate surface area is 228 Å². The summed E-state index contributed by atoms with van der Waals surface area (Å²) in [6, 6.07) is 22.6. The number of benzene rings is 3. The van der Waals surface area contributed by atoms with Crippen LogP contribution in [-0.2, 0) is 28.3 Å². The fraction of sp³-hybridized carbons (Fsp3) is 0.310. The lowest BCUT2D eigenvalue weighted by molar-refractivity contribution is -0.139. The van der Waals surface area contributed by atoms with E-state index < -0.39 is 6.04 Å². The first-order valence-electron chi connectivity index (χ1n) is 12.1. The quantitative estimate of drug-likeness (QED) is 0.277. The van der Waals surface area contributed by atoms with Gasteiger partial charge in [0.25, 0.3) is 0 Å². The Morgan fingerprint density at radius 2 is 1.72 bits per heavy atom. The Morgan fingerprint density at radius 3 is 2.42 bits per heavy atom. The Balaban J connectivity index is 1.86. The van der Waals surface area contributed by atoms with Gasteiger partial charge in [-0.2, -0.15) is 0 Å². The molecule has 0 bridgehead atoms. The highest BCUT2D eigenvalue weighted by atomic mass is 35.5. The Morgan fingerprint density at radius 1 is 0.972 bits per heavy atom. The fourth-order valence-corrected chi connectivity index (χ4v) is 5.22. The average Bonchev–Trinajstić information content (AvgIpc) is 2.86. The van der Waals surface area contributed by atoms with E-state index in [2.05, 4.69) is 30.4 Å². The lowest BCUT2D eigenvalue weighted by Crippen LogP contribution is -2.51. The van der Waals surface area contributed by atoms with Gasteiger partial charge in [0.05, 0.1) is 5.75 Å². The molecule has 3 rings (SSSR count). The zero-order valence-corrected chi connectivity index (χ0v) is 23.0. The molecule has 0 radical (unpaired) electrons. The maximum atomic E-state index is 13.6. The van der Waals surface area contributed by atoms with Crippen LogP contribution in [0.1, 0.15) is 35.6 Å². The number of halogens is 2. The van der Waals surface area contributed by atoms with Crippen molar-refractivity contribution in [1.29, 1.82) is 0 Å². The molecule has 0 spiro atoms. The molecule has 0 aliphatic rings. The first kappa shape index (κ1) is 28.1. The third kappa shape index (κ3) is 8.58. The first-order valence-corrected chi connectivity index (χ1v) is 14.0. The van der Waals surface area contributed by atoms with E-state index in [0.717, 1.165) is 17.5 Å². The van der Waals surface area contributed by atoms with Crippen LogP contribution in [0.2, 0.25) is 10.0 Å². The van der Waals surface area contributed by atoms with E-state index in [9.17, 15) is 9.59 Å². The van der Waals surface area contributed by atoms with E-state index in [-0.39, 0.29) is 24.1 Å². The molecular weight excluding hydrogens is 511 g/mol. The summed E-state index contributed by atoms with van der Waals surface area (Å²) in [5, 5.41) is 3.99. The maximum Gasteiger partial charge on any atom is 0.243 e. The van der Waals surface area contributed by atoms with Gasteiger partial charge < -0.3 is 10.2 Å². The predicted molar refractivity (Wildman–Crippen MR) is 152 cm³/mol. The van der Waals surface area contributed by atoms with Gasteiger partial charge in [-0.15, -0.1) is 11.8 Å². The van der Waals surface area contributed by atoms with Gasteiger partial charge in [-0.25, -0.2) is 0 Å². The minimum absolute atomic E-state index is 0.105. The predicted octanol–water partition coefficient (Wildman–Crippen LogP) is 6.70. The summed E-state index contributed by atoms with van der Waals surface area (Å²) in [5.74, 6) is 0.703. The van der Waals surface area contributed by atoms with Gasteiger partial charge in [0.2, 0.25) is 11.8 Å². The zero-order chi connectivity index (χ0) is 25.9. The number of carbonyl (C=O) groups is 2. The number of hydrogen-bond acceptors (Lipinski definition) is 3. The maximum absolute atomic E-state index is 13.6. The molecule has 3 aromatic rings. The van der Waals surface area contributed by atoms with Crippen LogP contribution in [0.15, 0.2) is 72.8 Å². The normalized spacial score (nSPS) is 11.7. The van der Waals surface area contributed by atoms with Gasteiger partial charge in [-0.1, -0.05) is 96.4 Å². The van der Waals surface area contributed by atoms with Gasteiger partial charge in [-0.05, 0) is 42.2 Å². The Hall–Kier alpha value is -2.47. The number of nitrogens with one attached hydrogen (secondary N) is 1. The highest BCUT2D eigenvalue weighted by Crippen LogP contribution is 2.25. The van der Waals surface area contributed by atoms with Gasteiger partial charge >= 0.3 is 0 Å². The van der Waals surface area contributed by atoms with Crippen molar-refractivity contribution in [2.75, 3.05) is 12.3 Å². The second-order valence-electron chi connectivity index (χ2n) is 8.74. The van der Waals surface area contributed by atoms with Gasteiger partial charge in [0.1, 0.15) is 6.04 Å². The lowest BCUT2D eigenvalue weighted by atomic mass is 10.0. The van der Waals surface area contributed by atoms with Crippen LogP contribution in [0.4, 0.5) is 0 Å². The summed E-state index contributed by atoms with van der Waals surface area (Å²) in [7, 11) is 0. The molecule has 0 saturated heterocycles. The second-order valence-corrected chi connectivity index (χ2v) is 10.6. The third-order valence-electron chi connectivity index (χ3n) is 5.75. The molecule has 1 atom stereocenters. The monoisotopic (exact) mass is 542 g/mol. The van der Waals surface area contributed by atoms with Crippen molar-refractivity contribution in [3.63, 3.8) is 0 Å². The number of rotatable bonds is 12. The van der Waals surface area contributed by atoms with Crippen LogP contribution in [0.5, 0.6) is 0 Å². The van der Waals surface area contributed by atoms with Crippen LogP contribution in [0, 0.1) is 6.92 Å². The number of carbonyl (C=O) groups excluding carboxylic acids is 2. The summed E-state index contributed by atoms with van der Waals surface area (Å²) in [6.07, 6.45) is 1.23. The summed E-state index contributed by atoms with van der Waals surface area (Å²) in [4.78, 5) is 28.7. The average molecular weight is 544 g/mol. The summed E-state index contributed by atoms with van der Waals surface area (Å²) >= 11 is 14.1. The number of aryl methyl sites for hydroxylation is 1. The van der Waals surface area contributed by atoms with E-state index in [0.29, 0.717) is 28.8 Å². The molecule has 2 amide bonds. The molecule has 7 heteroatoms. The molecule has 0 saturated carbocycles. The van der Waals surface area contributed by atoms with Gasteiger partial charge in [-0.3, -0.25) is 9.59 Å². The number of thioether (sulfide) groups is 1. The van der Waals surface area contributed by atoms with Crippen LogP contribution in [0.25, 0.3) is 0 Å². The largest absolute Gasteiger partial charge is 0.354 e. The van der Waals surface area contributed by atoms with Crippen molar-refractivity contribution in [3.05, 3.63) is 105 Å². The molecule has 0 fully saturated rings. The highest BCUT2D eigenvalue weighted by molar-refractivity contribution is 7.99. The van der Waals surface area contributed by atoms with E-state index in [1.807, 2.05) is 49.4 Å². The van der Waals surface area contributed by atoms with Crippen molar-refractivity contribution < 1.29 is 9.59 Å². The van der Waals surface area contributed by atoms with Crippen molar-refractivity contribution in [2.45, 2.75) is 45.0 Å². The molecule has 0 aliphatic carbocycles. The molecule has 4 nitrogen and oxygen atoms in total. The number of hydrogen-bond donors (Lipinski definition) is 1. The minimum Gasteiger partial charge on any atom is -0.354 e. The molecule has 1 N–H and O–H groups in total. The molecule has 36 heavy (non-hydrogen) atoms. The SMILES string of the molecule is CCCNC(=O)[C@H](Cc1ccccc1)N(Cc1ccc(Cl)cc1Cl)C(=O)CSCc1cccc(C)c1. The van der Waals surface area contributed by atoms with Gasteiger partial charge in [0.15, 0.2) is 0 Å². The minimum atomic E-state index is -0.669. The highest BCUT2D eigenvalue weighted by Gasteiger charge is 2.30. The fourth-order valence-electron chi connectivity index (χ4n) is 3.89. The molecular formula is C29H32Cl2N2O2S. The van der Waals surface area contributed by atoms with Crippen LogP contribution in [0.3, 0.4) is 0 Å². The zero-order valence-electron chi connectivity index (χ0n) is 20.7. The van der Waals surface area contributed by atoms with Crippen molar-refractivity contribution in [3.8, 4) is 0 Å². The van der Waals surface area contributed by atoms with Crippen LogP contribution in [-0.4, -0.2) is 35.1 Å². The molecule has 0 aromatic heterocycles. The van der Waals surface area contributed by atoms with Crippen LogP contribution < -0.4 is 5.32 Å². The number of nitrogens with zero attached hydrogens (tertiary/aromatic N) is 1. The van der Waals surface area contributed by atoms with E-state index in [1.165, 1.54) is 11.1 Å². The topological polar surface area (TPSA) is 49.4 Å². The Kier molecular flexibility index (Phi) is 11.2. The molecule has 0 unspecified atom stereocenters. The van der Waals surface area contributed by atoms with Gasteiger partial charge in [0, 0.05) is 35.3 Å². The van der Waals surface area contributed by atoms with E-state index in [1.54, 1.807) is 28.8 Å². The number of amides is 2. The van der Waals surface area contributed by atoms with Crippen molar-refractivity contribution in [1.82, 2.24) is 10.2 Å². The standard InChI is InChI=1S/C29H32Cl2N2O2S/c1-3-14-32-29(35)27(16-22-9-5-4-6-10-22)33(18-24-12-13-25(30)17-26(24)31)28(34)20-36-19-23-11-7-8-21(2)15-23/h4-13,15,17,27H,3,14,16,18-20H2,1-2H3,(H,32,35)/t27-/m0/s1. The second kappa shape index (κ2) is 14.3. The smallest absolute Gasteiger partial charge is 0.243 e. The van der Waals surface area contributed by atoms with Crippen molar-refractivity contribution in [2.24, 2.45) is 0 Å². The van der Waals surface area contributed by atoms with E-state index >= 15 is 0 Å². The third-order valence-corrected chi connectivity index (χ3v) is 7.33. The molecule has 0 heterocycles.